The number of rotatable bonds is 4. The number of halogens is 2. The van der Waals surface area contributed by atoms with Crippen molar-refractivity contribution in [3.63, 3.8) is 0 Å². The fraction of sp³-hybridized carbons (Fsp3) is 0.571. The highest BCUT2D eigenvalue weighted by atomic mass is 35.5. The third kappa shape index (κ3) is 3.44. The van der Waals surface area contributed by atoms with E-state index in [9.17, 15) is 4.39 Å². The maximum atomic E-state index is 13.8. The lowest BCUT2D eigenvalue weighted by molar-refractivity contribution is 0.185. The number of hydrogen-bond donors (Lipinski definition) is 1. The van der Waals surface area contributed by atoms with Crippen molar-refractivity contribution in [3.8, 4) is 0 Å². The molecule has 0 saturated carbocycles. The van der Waals surface area contributed by atoms with E-state index in [0.717, 1.165) is 19.6 Å². The van der Waals surface area contributed by atoms with E-state index in [1.807, 2.05) is 12.1 Å². The van der Waals surface area contributed by atoms with Crippen molar-refractivity contribution in [2.45, 2.75) is 32.4 Å². The molecule has 2 rings (SSSR count). The molecule has 18 heavy (non-hydrogen) atoms. The fourth-order valence-corrected chi connectivity index (χ4v) is 2.69. The third-order valence-corrected chi connectivity index (χ3v) is 3.69. The lowest BCUT2D eigenvalue weighted by Crippen LogP contribution is -2.50. The molecule has 0 bridgehead atoms. The maximum absolute atomic E-state index is 13.8. The zero-order chi connectivity index (χ0) is 13.0. The fourth-order valence-electron chi connectivity index (χ4n) is 2.49. The quantitative estimate of drug-likeness (QED) is 0.905. The molecule has 2 nitrogen and oxygen atoms in total. The van der Waals surface area contributed by atoms with Gasteiger partial charge in [0, 0.05) is 37.8 Å². The number of nitrogens with one attached hydrogen (secondary N) is 1. The minimum absolute atomic E-state index is 0.216. The third-order valence-electron chi connectivity index (χ3n) is 3.40. The van der Waals surface area contributed by atoms with Crippen LogP contribution in [-0.2, 0) is 6.54 Å². The number of piperazine rings is 1. The summed E-state index contributed by atoms with van der Waals surface area (Å²) in [6, 6.07) is 5.76. The zero-order valence-electron chi connectivity index (χ0n) is 10.8. The minimum Gasteiger partial charge on any atom is -0.311 e. The Bertz CT molecular complexity index is 395. The van der Waals surface area contributed by atoms with E-state index in [-0.39, 0.29) is 10.8 Å². The molecule has 0 spiro atoms. The Hall–Kier alpha value is -0.640. The maximum Gasteiger partial charge on any atom is 0.146 e. The highest BCUT2D eigenvalue weighted by molar-refractivity contribution is 6.30. The lowest BCUT2D eigenvalue weighted by atomic mass is 10.1. The highest BCUT2D eigenvalue weighted by Gasteiger charge is 2.19. The van der Waals surface area contributed by atoms with Gasteiger partial charge in [0.15, 0.2) is 0 Å². The van der Waals surface area contributed by atoms with Gasteiger partial charge in [-0.25, -0.2) is 4.39 Å². The Morgan fingerprint density at radius 2 is 2.33 bits per heavy atom. The molecule has 0 aromatic heterocycles. The first-order valence-electron chi connectivity index (χ1n) is 6.59. The van der Waals surface area contributed by atoms with Gasteiger partial charge in [-0.3, -0.25) is 4.90 Å². The minimum atomic E-state index is -0.273. The summed E-state index contributed by atoms with van der Waals surface area (Å²) in [5, 5.41) is 3.72. The molecule has 1 aliphatic rings. The van der Waals surface area contributed by atoms with Gasteiger partial charge in [-0.15, -0.1) is 0 Å². The lowest BCUT2D eigenvalue weighted by Gasteiger charge is -2.33. The second kappa shape index (κ2) is 6.50. The topological polar surface area (TPSA) is 15.3 Å². The Kier molecular flexibility index (Phi) is 4.98. The van der Waals surface area contributed by atoms with Crippen LogP contribution in [0.5, 0.6) is 0 Å². The van der Waals surface area contributed by atoms with Crippen molar-refractivity contribution in [1.82, 2.24) is 10.2 Å². The predicted octanol–water partition coefficient (Wildman–Crippen LogP) is 3.05. The van der Waals surface area contributed by atoms with E-state index in [1.165, 1.54) is 12.8 Å². The molecule has 1 heterocycles. The first-order chi connectivity index (χ1) is 8.70. The molecule has 1 N–H and O–H groups in total. The van der Waals surface area contributed by atoms with Gasteiger partial charge in [0.1, 0.15) is 5.82 Å². The van der Waals surface area contributed by atoms with Crippen molar-refractivity contribution < 1.29 is 4.39 Å². The summed E-state index contributed by atoms with van der Waals surface area (Å²) in [5.74, 6) is -0.273. The van der Waals surface area contributed by atoms with Crippen LogP contribution in [0.2, 0.25) is 5.02 Å². The van der Waals surface area contributed by atoms with E-state index in [1.54, 1.807) is 6.07 Å². The molecule has 0 aliphatic carbocycles. The first-order valence-corrected chi connectivity index (χ1v) is 6.97. The van der Waals surface area contributed by atoms with E-state index in [4.69, 9.17) is 11.6 Å². The summed E-state index contributed by atoms with van der Waals surface area (Å²) >= 11 is 5.80. The molecule has 1 aromatic rings. The molecular formula is C14H20ClFN2. The van der Waals surface area contributed by atoms with Crippen LogP contribution in [0.1, 0.15) is 25.3 Å². The summed E-state index contributed by atoms with van der Waals surface area (Å²) in [5.41, 5.74) is 0.694. The van der Waals surface area contributed by atoms with E-state index >= 15 is 0 Å². The molecule has 100 valence electrons. The Morgan fingerprint density at radius 1 is 1.50 bits per heavy atom. The summed E-state index contributed by atoms with van der Waals surface area (Å²) in [4.78, 5) is 2.30. The molecule has 1 atom stereocenters. The molecular weight excluding hydrogens is 251 g/mol. The van der Waals surface area contributed by atoms with Gasteiger partial charge in [-0.2, -0.15) is 0 Å². The van der Waals surface area contributed by atoms with Crippen LogP contribution >= 0.6 is 11.6 Å². The summed E-state index contributed by atoms with van der Waals surface area (Å²) in [6.45, 7) is 5.77. The van der Waals surface area contributed by atoms with Crippen LogP contribution < -0.4 is 5.32 Å². The predicted molar refractivity (Wildman–Crippen MR) is 73.4 cm³/mol. The van der Waals surface area contributed by atoms with Crippen LogP contribution in [0.15, 0.2) is 18.2 Å². The van der Waals surface area contributed by atoms with Gasteiger partial charge in [-0.1, -0.05) is 37.1 Å². The van der Waals surface area contributed by atoms with Crippen LogP contribution in [0.4, 0.5) is 4.39 Å². The zero-order valence-corrected chi connectivity index (χ0v) is 11.5. The van der Waals surface area contributed by atoms with Crippen LogP contribution in [-0.4, -0.2) is 30.6 Å². The van der Waals surface area contributed by atoms with Crippen molar-refractivity contribution in [2.75, 3.05) is 19.6 Å². The van der Waals surface area contributed by atoms with Crippen molar-refractivity contribution in [2.24, 2.45) is 0 Å². The van der Waals surface area contributed by atoms with Gasteiger partial charge >= 0.3 is 0 Å². The standard InChI is InChI=1S/C14H20ClFN2/c1-2-4-12-10-18(8-7-17-12)9-11-5-3-6-13(15)14(11)16/h3,5-6,12,17H,2,4,7-10H2,1H3. The van der Waals surface area contributed by atoms with Gasteiger partial charge in [0.05, 0.1) is 5.02 Å². The number of hydrogen-bond acceptors (Lipinski definition) is 2. The Morgan fingerprint density at radius 3 is 3.11 bits per heavy atom. The normalized spacial score (nSPS) is 21.2. The SMILES string of the molecule is CCCC1CN(Cc2cccc(Cl)c2F)CCN1. The average Bonchev–Trinajstić information content (AvgIpc) is 2.36. The summed E-state index contributed by atoms with van der Waals surface area (Å²) < 4.78 is 13.8. The average molecular weight is 271 g/mol. The molecule has 1 aliphatic heterocycles. The molecule has 1 fully saturated rings. The van der Waals surface area contributed by atoms with E-state index < -0.39 is 0 Å². The van der Waals surface area contributed by atoms with E-state index in [0.29, 0.717) is 18.2 Å². The van der Waals surface area contributed by atoms with Crippen molar-refractivity contribution >= 4 is 11.6 Å². The Labute approximate surface area is 113 Å². The molecule has 1 aromatic carbocycles. The van der Waals surface area contributed by atoms with Crippen LogP contribution in [0, 0.1) is 5.82 Å². The van der Waals surface area contributed by atoms with Crippen LogP contribution in [0.3, 0.4) is 0 Å². The molecule has 1 saturated heterocycles. The molecule has 4 heteroatoms. The van der Waals surface area contributed by atoms with Gasteiger partial charge in [0.25, 0.3) is 0 Å². The van der Waals surface area contributed by atoms with Crippen molar-refractivity contribution in [3.05, 3.63) is 34.6 Å². The monoisotopic (exact) mass is 270 g/mol. The van der Waals surface area contributed by atoms with Crippen LogP contribution in [0.25, 0.3) is 0 Å². The first kappa shape index (κ1) is 13.8. The van der Waals surface area contributed by atoms with Gasteiger partial charge in [0.2, 0.25) is 0 Å². The van der Waals surface area contributed by atoms with Gasteiger partial charge < -0.3 is 5.32 Å². The summed E-state index contributed by atoms with van der Waals surface area (Å²) in [6.07, 6.45) is 2.35. The highest BCUT2D eigenvalue weighted by Crippen LogP contribution is 2.20. The molecule has 0 radical (unpaired) electrons. The number of benzene rings is 1. The van der Waals surface area contributed by atoms with E-state index in [2.05, 4.69) is 17.1 Å². The largest absolute Gasteiger partial charge is 0.311 e. The van der Waals surface area contributed by atoms with Gasteiger partial charge in [-0.05, 0) is 12.5 Å². The summed E-state index contributed by atoms with van der Waals surface area (Å²) in [7, 11) is 0. The smallest absolute Gasteiger partial charge is 0.146 e. The molecule has 1 unspecified atom stereocenters. The second-order valence-corrected chi connectivity index (χ2v) is 5.29. The second-order valence-electron chi connectivity index (χ2n) is 4.89. The number of nitrogens with zero attached hydrogens (tertiary/aromatic N) is 1. The van der Waals surface area contributed by atoms with Crippen molar-refractivity contribution in [1.29, 1.82) is 0 Å². The molecule has 0 amide bonds. The Balaban J connectivity index is 1.98.